The van der Waals surface area contributed by atoms with Gasteiger partial charge in [-0.05, 0) is 48.4 Å². The SMILES string of the molecule is Cc1cc(F)ccc1C(=O)c1ccnc(C(=O)Cl)c1N. The Morgan fingerprint density at radius 3 is 2.55 bits per heavy atom. The number of anilines is 1. The van der Waals surface area contributed by atoms with Crippen LogP contribution in [-0.2, 0) is 0 Å². The van der Waals surface area contributed by atoms with Crippen molar-refractivity contribution < 1.29 is 14.0 Å². The lowest BCUT2D eigenvalue weighted by Gasteiger charge is -2.09. The lowest BCUT2D eigenvalue weighted by atomic mass is 9.98. The van der Waals surface area contributed by atoms with Crippen molar-refractivity contribution in [2.45, 2.75) is 6.92 Å². The Balaban J connectivity index is 2.54. The molecule has 2 aromatic rings. The summed E-state index contributed by atoms with van der Waals surface area (Å²) in [5.74, 6) is -0.847. The summed E-state index contributed by atoms with van der Waals surface area (Å²) >= 11 is 5.34. The van der Waals surface area contributed by atoms with Crippen molar-refractivity contribution in [3.63, 3.8) is 0 Å². The Labute approximate surface area is 119 Å². The highest BCUT2D eigenvalue weighted by atomic mass is 35.5. The molecular weight excluding hydrogens is 283 g/mol. The first-order valence-corrected chi connectivity index (χ1v) is 6.04. The third kappa shape index (κ3) is 2.53. The van der Waals surface area contributed by atoms with Crippen LogP contribution in [0.1, 0.15) is 32.0 Å². The molecule has 6 heteroatoms. The number of benzene rings is 1. The molecule has 2 rings (SSSR count). The van der Waals surface area contributed by atoms with E-state index >= 15 is 0 Å². The number of nitrogens with zero attached hydrogens (tertiary/aromatic N) is 1. The molecule has 0 atom stereocenters. The van der Waals surface area contributed by atoms with E-state index in [0.29, 0.717) is 11.1 Å². The van der Waals surface area contributed by atoms with E-state index in [2.05, 4.69) is 4.98 Å². The monoisotopic (exact) mass is 292 g/mol. The molecule has 20 heavy (non-hydrogen) atoms. The number of halogens is 2. The number of nitrogen functional groups attached to an aromatic ring is 1. The minimum absolute atomic E-state index is 0.0822. The zero-order valence-corrected chi connectivity index (χ0v) is 11.2. The van der Waals surface area contributed by atoms with Gasteiger partial charge in [-0.15, -0.1) is 0 Å². The van der Waals surface area contributed by atoms with Crippen LogP contribution in [0.3, 0.4) is 0 Å². The van der Waals surface area contributed by atoms with Gasteiger partial charge in [0.1, 0.15) is 11.5 Å². The maximum atomic E-state index is 13.1. The van der Waals surface area contributed by atoms with Gasteiger partial charge in [0.15, 0.2) is 5.78 Å². The molecule has 0 aliphatic carbocycles. The Kier molecular flexibility index (Phi) is 3.81. The van der Waals surface area contributed by atoms with Crippen molar-refractivity contribution in [2.24, 2.45) is 0 Å². The van der Waals surface area contributed by atoms with Crippen LogP contribution in [0.5, 0.6) is 0 Å². The zero-order chi connectivity index (χ0) is 14.9. The number of carbonyl (C=O) groups is 2. The smallest absolute Gasteiger partial charge is 0.272 e. The molecule has 0 spiro atoms. The second-order valence-electron chi connectivity index (χ2n) is 4.18. The molecule has 4 nitrogen and oxygen atoms in total. The van der Waals surface area contributed by atoms with E-state index < -0.39 is 16.8 Å². The van der Waals surface area contributed by atoms with Gasteiger partial charge in [-0.1, -0.05) is 0 Å². The summed E-state index contributed by atoms with van der Waals surface area (Å²) in [6.45, 7) is 1.61. The summed E-state index contributed by atoms with van der Waals surface area (Å²) in [5, 5.41) is -0.840. The summed E-state index contributed by atoms with van der Waals surface area (Å²) in [4.78, 5) is 27.3. The summed E-state index contributed by atoms with van der Waals surface area (Å²) in [5.41, 5.74) is 6.38. The predicted octanol–water partition coefficient (Wildman–Crippen LogP) is 2.72. The van der Waals surface area contributed by atoms with Gasteiger partial charge in [0.2, 0.25) is 0 Å². The van der Waals surface area contributed by atoms with E-state index in [9.17, 15) is 14.0 Å². The molecule has 0 bridgehead atoms. The zero-order valence-electron chi connectivity index (χ0n) is 10.5. The fourth-order valence-corrected chi connectivity index (χ4v) is 2.01. The Morgan fingerprint density at radius 2 is 1.95 bits per heavy atom. The summed E-state index contributed by atoms with van der Waals surface area (Å²) in [7, 11) is 0. The fraction of sp³-hybridized carbons (Fsp3) is 0.0714. The summed E-state index contributed by atoms with van der Waals surface area (Å²) in [6.07, 6.45) is 1.28. The molecule has 0 saturated heterocycles. The van der Waals surface area contributed by atoms with Crippen molar-refractivity contribution in [1.82, 2.24) is 4.98 Å². The van der Waals surface area contributed by atoms with Crippen LogP contribution in [0.25, 0.3) is 0 Å². The van der Waals surface area contributed by atoms with Gasteiger partial charge in [0.25, 0.3) is 5.24 Å². The van der Waals surface area contributed by atoms with Crippen molar-refractivity contribution in [1.29, 1.82) is 0 Å². The van der Waals surface area contributed by atoms with Gasteiger partial charge < -0.3 is 5.73 Å². The summed E-state index contributed by atoms with van der Waals surface area (Å²) in [6, 6.07) is 5.20. The number of pyridine rings is 1. The van der Waals surface area contributed by atoms with Gasteiger partial charge in [0.05, 0.1) is 5.69 Å². The average molecular weight is 293 g/mol. The second kappa shape index (κ2) is 5.38. The fourth-order valence-electron chi connectivity index (χ4n) is 1.85. The van der Waals surface area contributed by atoms with Crippen LogP contribution in [0.15, 0.2) is 30.5 Å². The lowest BCUT2D eigenvalue weighted by molar-refractivity contribution is 0.103. The van der Waals surface area contributed by atoms with Gasteiger partial charge in [-0.2, -0.15) is 0 Å². The van der Waals surface area contributed by atoms with E-state index in [-0.39, 0.29) is 16.9 Å². The number of nitrogens with two attached hydrogens (primary N) is 1. The molecule has 0 saturated carbocycles. The lowest BCUT2D eigenvalue weighted by Crippen LogP contribution is -2.11. The first-order chi connectivity index (χ1) is 9.41. The first-order valence-electron chi connectivity index (χ1n) is 5.67. The molecule has 2 N–H and O–H groups in total. The number of aryl methyl sites for hydroxylation is 1. The van der Waals surface area contributed by atoms with Crippen LogP contribution >= 0.6 is 11.6 Å². The molecule has 1 aromatic carbocycles. The van der Waals surface area contributed by atoms with E-state index in [1.54, 1.807) is 6.92 Å². The van der Waals surface area contributed by atoms with E-state index in [1.165, 1.54) is 30.5 Å². The van der Waals surface area contributed by atoms with E-state index in [4.69, 9.17) is 17.3 Å². The van der Waals surface area contributed by atoms with Gasteiger partial charge in [-0.25, -0.2) is 9.37 Å². The highest BCUT2D eigenvalue weighted by molar-refractivity contribution is 6.68. The molecule has 0 unspecified atom stereocenters. The van der Waals surface area contributed by atoms with Crippen molar-refractivity contribution >= 4 is 28.3 Å². The Hall–Kier alpha value is -2.27. The molecule has 0 aliphatic heterocycles. The Bertz CT molecular complexity index is 716. The molecule has 0 aliphatic rings. The summed E-state index contributed by atoms with van der Waals surface area (Å²) < 4.78 is 13.1. The average Bonchev–Trinajstić information content (AvgIpc) is 2.38. The number of rotatable bonds is 3. The minimum Gasteiger partial charge on any atom is -0.396 e. The van der Waals surface area contributed by atoms with Crippen molar-refractivity contribution in [3.8, 4) is 0 Å². The van der Waals surface area contributed by atoms with Crippen LogP contribution in [0.4, 0.5) is 10.1 Å². The molecule has 0 amide bonds. The van der Waals surface area contributed by atoms with Crippen molar-refractivity contribution in [2.75, 3.05) is 5.73 Å². The number of aromatic nitrogens is 1. The molecule has 1 aromatic heterocycles. The molecule has 0 fully saturated rings. The number of ketones is 1. The first kappa shape index (κ1) is 14.1. The molecule has 0 radical (unpaired) electrons. The van der Waals surface area contributed by atoms with Gasteiger partial charge >= 0.3 is 0 Å². The maximum Gasteiger partial charge on any atom is 0.272 e. The van der Waals surface area contributed by atoms with Crippen LogP contribution in [0.2, 0.25) is 0 Å². The molecular formula is C14H10ClFN2O2. The van der Waals surface area contributed by atoms with E-state index in [1.807, 2.05) is 0 Å². The standard InChI is InChI=1S/C14H10ClFN2O2/c1-7-6-8(16)2-3-9(7)13(19)10-4-5-18-12(11(10)17)14(15)20/h2-6H,17H2,1H3. The quantitative estimate of drug-likeness (QED) is 0.697. The predicted molar refractivity (Wildman–Crippen MR) is 73.4 cm³/mol. The van der Waals surface area contributed by atoms with Crippen molar-refractivity contribution in [3.05, 3.63) is 58.7 Å². The van der Waals surface area contributed by atoms with E-state index in [0.717, 1.165) is 0 Å². The van der Waals surface area contributed by atoms with Crippen LogP contribution in [0, 0.1) is 12.7 Å². The Morgan fingerprint density at radius 1 is 1.25 bits per heavy atom. The maximum absolute atomic E-state index is 13.1. The topological polar surface area (TPSA) is 73.0 Å². The molecule has 102 valence electrons. The third-order valence-corrected chi connectivity index (χ3v) is 3.03. The minimum atomic E-state index is -0.840. The largest absolute Gasteiger partial charge is 0.396 e. The number of hydrogen-bond donors (Lipinski definition) is 1. The highest BCUT2D eigenvalue weighted by Gasteiger charge is 2.19. The highest BCUT2D eigenvalue weighted by Crippen LogP contribution is 2.22. The van der Waals surface area contributed by atoms with Crippen LogP contribution in [-0.4, -0.2) is 16.0 Å². The molecule has 1 heterocycles. The van der Waals surface area contributed by atoms with Crippen LogP contribution < -0.4 is 5.73 Å². The number of carbonyl (C=O) groups excluding carboxylic acids is 2. The normalized spacial score (nSPS) is 10.3. The number of hydrogen-bond acceptors (Lipinski definition) is 4. The third-order valence-electron chi connectivity index (χ3n) is 2.85. The second-order valence-corrected chi connectivity index (χ2v) is 4.53. The van der Waals surface area contributed by atoms with Gasteiger partial charge in [-0.3, -0.25) is 9.59 Å². The van der Waals surface area contributed by atoms with Gasteiger partial charge in [0, 0.05) is 17.3 Å².